The normalized spacial score (nSPS) is 16.3. The smallest absolute Gasteiger partial charge is 0.386 e. The number of halogens is 4. The lowest BCUT2D eigenvalue weighted by molar-refractivity contribution is -0.179. The minimum absolute atomic E-state index is 0.00464. The monoisotopic (exact) mass is 372 g/mol. The van der Waals surface area contributed by atoms with E-state index in [1.807, 2.05) is 0 Å². The van der Waals surface area contributed by atoms with Gasteiger partial charge in [-0.2, -0.15) is 13.2 Å². The molecule has 0 fully saturated rings. The van der Waals surface area contributed by atoms with Crippen LogP contribution in [0.5, 0.6) is 0 Å². The fourth-order valence-corrected chi connectivity index (χ4v) is 2.26. The van der Waals surface area contributed by atoms with Gasteiger partial charge in [-0.25, -0.2) is 17.9 Å². The predicted octanol–water partition coefficient (Wildman–Crippen LogP) is 1.02. The topological polar surface area (TPSA) is 109 Å². The average Bonchev–Trinajstić information content (AvgIpc) is 2.49. The molecule has 24 heavy (non-hydrogen) atoms. The van der Waals surface area contributed by atoms with Crippen LogP contribution in [0.4, 0.5) is 17.6 Å². The Morgan fingerprint density at radius 3 is 2.17 bits per heavy atom. The molecule has 1 aromatic rings. The summed E-state index contributed by atoms with van der Waals surface area (Å²) < 4.78 is 72.6. The van der Waals surface area contributed by atoms with E-state index in [4.69, 9.17) is 5.14 Å². The van der Waals surface area contributed by atoms with Gasteiger partial charge in [0.25, 0.3) is 0 Å². The molecule has 0 heterocycles. The maximum absolute atomic E-state index is 13.0. The van der Waals surface area contributed by atoms with E-state index in [1.54, 1.807) is 5.32 Å². The Morgan fingerprint density at radius 2 is 1.79 bits per heavy atom. The number of hydrogen-bond donors (Lipinski definition) is 3. The number of nitrogens with two attached hydrogens (primary N) is 1. The number of carbonyl (C=O) groups is 1. The molecule has 0 aliphatic carbocycles. The van der Waals surface area contributed by atoms with E-state index in [0.29, 0.717) is 6.92 Å². The van der Waals surface area contributed by atoms with Crippen molar-refractivity contribution in [3.63, 3.8) is 0 Å². The summed E-state index contributed by atoms with van der Waals surface area (Å²) >= 11 is 0. The number of nitrogens with one attached hydrogen (secondary N) is 1. The van der Waals surface area contributed by atoms with Gasteiger partial charge >= 0.3 is 6.18 Å². The van der Waals surface area contributed by atoms with Crippen LogP contribution in [0.1, 0.15) is 18.6 Å². The van der Waals surface area contributed by atoms with Crippen LogP contribution in [0.15, 0.2) is 29.2 Å². The Balaban J connectivity index is 2.90. The molecule has 0 radical (unpaired) electrons. The second-order valence-electron chi connectivity index (χ2n) is 5.09. The molecule has 0 unspecified atom stereocenters. The summed E-state index contributed by atoms with van der Waals surface area (Å²) in [7, 11) is -3.97. The molecule has 0 aliphatic rings. The molecule has 0 saturated carbocycles. The van der Waals surface area contributed by atoms with Gasteiger partial charge in [0.15, 0.2) is 0 Å². The molecule has 0 aromatic heterocycles. The fraction of sp³-hybridized carbons (Fsp3) is 0.462. The van der Waals surface area contributed by atoms with Crippen molar-refractivity contribution >= 4 is 15.9 Å². The van der Waals surface area contributed by atoms with Gasteiger partial charge in [-0.3, -0.25) is 4.79 Å². The molecule has 1 rings (SSSR count). The van der Waals surface area contributed by atoms with Crippen LogP contribution in [-0.4, -0.2) is 38.3 Å². The number of hydrogen-bond acceptors (Lipinski definition) is 4. The summed E-state index contributed by atoms with van der Waals surface area (Å²) in [4.78, 5) is 11.2. The Kier molecular flexibility index (Phi) is 6.31. The van der Waals surface area contributed by atoms with E-state index in [1.165, 1.54) is 0 Å². The first-order chi connectivity index (χ1) is 10.9. The number of aliphatic hydroxyl groups is 1. The third-order valence-electron chi connectivity index (χ3n) is 3.31. The van der Waals surface area contributed by atoms with Crippen molar-refractivity contribution in [1.29, 1.82) is 0 Å². The van der Waals surface area contributed by atoms with Crippen molar-refractivity contribution < 1.29 is 35.9 Å². The van der Waals surface area contributed by atoms with Gasteiger partial charge < -0.3 is 10.4 Å². The minimum atomic E-state index is -4.80. The second kappa shape index (κ2) is 7.45. The van der Waals surface area contributed by atoms with Crippen LogP contribution in [0.3, 0.4) is 0 Å². The number of primary sulfonamides is 1. The van der Waals surface area contributed by atoms with Crippen molar-refractivity contribution in [2.45, 2.75) is 30.1 Å². The molecule has 11 heteroatoms. The first kappa shape index (κ1) is 20.3. The fourth-order valence-electron chi connectivity index (χ4n) is 1.75. The van der Waals surface area contributed by atoms with Crippen LogP contribution in [0, 0.1) is 5.92 Å². The number of benzene rings is 1. The largest absolute Gasteiger partial charge is 0.400 e. The number of alkyl halides is 4. The molecule has 4 N–H and O–H groups in total. The number of aliphatic hydroxyl groups excluding tert-OH is 1. The van der Waals surface area contributed by atoms with E-state index < -0.39 is 46.8 Å². The molecule has 0 saturated heterocycles. The van der Waals surface area contributed by atoms with E-state index >= 15 is 0 Å². The van der Waals surface area contributed by atoms with Gasteiger partial charge in [0.1, 0.15) is 18.7 Å². The van der Waals surface area contributed by atoms with Gasteiger partial charge in [-0.15, -0.1) is 0 Å². The van der Waals surface area contributed by atoms with Crippen molar-refractivity contribution in [3.05, 3.63) is 29.8 Å². The predicted molar refractivity (Wildman–Crippen MR) is 75.9 cm³/mol. The highest BCUT2D eigenvalue weighted by Crippen LogP contribution is 2.26. The Bertz CT molecular complexity index is 676. The highest BCUT2D eigenvalue weighted by molar-refractivity contribution is 7.89. The van der Waals surface area contributed by atoms with Crippen molar-refractivity contribution in [1.82, 2.24) is 5.32 Å². The molecule has 1 aromatic carbocycles. The molecule has 1 amide bonds. The maximum atomic E-state index is 13.0. The maximum Gasteiger partial charge on any atom is 0.400 e. The van der Waals surface area contributed by atoms with Gasteiger partial charge in [0, 0.05) is 0 Å². The Labute approximate surface area is 135 Å². The molecular formula is C13H16F4N2O4S. The highest BCUT2D eigenvalue weighted by Gasteiger charge is 2.42. The lowest BCUT2D eigenvalue weighted by Crippen LogP contribution is -2.46. The quantitative estimate of drug-likeness (QED) is 0.648. The molecule has 0 aliphatic heterocycles. The van der Waals surface area contributed by atoms with Crippen molar-refractivity contribution in [3.8, 4) is 0 Å². The van der Waals surface area contributed by atoms with E-state index in [9.17, 15) is 35.9 Å². The Hall–Kier alpha value is -1.72. The standard InChI is InChI=1S/C13H16F4N2O4S/c1-7(13(15,16)17)12(21)19-10(6-14)11(20)8-2-4-9(5-3-8)24(18,22)23/h2-5,7,10-11,20H,6H2,1H3,(H,19,21)(H2,18,22,23)/t7-,10+,11+/m0/s1. The SMILES string of the molecule is C[C@@H](C(=O)N[C@H](CF)[C@H](O)c1ccc(S(N)(=O)=O)cc1)C(F)(F)F. The van der Waals surface area contributed by atoms with E-state index in [0.717, 1.165) is 24.3 Å². The van der Waals surface area contributed by atoms with Crippen LogP contribution in [0.25, 0.3) is 0 Å². The van der Waals surface area contributed by atoms with E-state index in [-0.39, 0.29) is 10.5 Å². The number of rotatable bonds is 6. The zero-order chi connectivity index (χ0) is 18.7. The molecule has 6 nitrogen and oxygen atoms in total. The van der Waals surface area contributed by atoms with Gasteiger partial charge in [0.05, 0.1) is 10.9 Å². The molecule has 0 spiro atoms. The van der Waals surface area contributed by atoms with Gasteiger partial charge in [0.2, 0.25) is 15.9 Å². The van der Waals surface area contributed by atoms with Crippen LogP contribution < -0.4 is 10.5 Å². The first-order valence-corrected chi connectivity index (χ1v) is 8.16. The number of carbonyl (C=O) groups excluding carboxylic acids is 1. The Morgan fingerprint density at radius 1 is 1.29 bits per heavy atom. The molecule has 0 bridgehead atoms. The number of sulfonamides is 1. The van der Waals surface area contributed by atoms with Gasteiger partial charge in [-0.1, -0.05) is 12.1 Å². The van der Waals surface area contributed by atoms with E-state index in [2.05, 4.69) is 0 Å². The highest BCUT2D eigenvalue weighted by atomic mass is 32.2. The molecule has 136 valence electrons. The molecular weight excluding hydrogens is 356 g/mol. The van der Waals surface area contributed by atoms with Crippen LogP contribution >= 0.6 is 0 Å². The summed E-state index contributed by atoms with van der Waals surface area (Å²) in [6.07, 6.45) is -6.47. The third kappa shape index (κ3) is 5.14. The van der Waals surface area contributed by atoms with Crippen LogP contribution in [0.2, 0.25) is 0 Å². The second-order valence-corrected chi connectivity index (χ2v) is 6.65. The summed E-state index contributed by atoms with van der Waals surface area (Å²) in [5.74, 6) is -3.85. The zero-order valence-corrected chi connectivity index (χ0v) is 13.2. The third-order valence-corrected chi connectivity index (χ3v) is 4.24. The summed E-state index contributed by atoms with van der Waals surface area (Å²) in [5, 5.41) is 16.7. The zero-order valence-electron chi connectivity index (χ0n) is 12.4. The summed E-state index contributed by atoms with van der Waals surface area (Å²) in [5.41, 5.74) is 0.00464. The lowest BCUT2D eigenvalue weighted by atomic mass is 10.0. The van der Waals surface area contributed by atoms with Crippen LogP contribution in [-0.2, 0) is 14.8 Å². The summed E-state index contributed by atoms with van der Waals surface area (Å²) in [6.45, 7) is -0.716. The summed E-state index contributed by atoms with van der Waals surface area (Å²) in [6, 6.07) is 2.70. The number of amides is 1. The minimum Gasteiger partial charge on any atom is -0.386 e. The lowest BCUT2D eigenvalue weighted by Gasteiger charge is -2.24. The first-order valence-electron chi connectivity index (χ1n) is 6.61. The molecule has 3 atom stereocenters. The average molecular weight is 372 g/mol. The van der Waals surface area contributed by atoms with Crippen molar-refractivity contribution in [2.75, 3.05) is 6.67 Å². The van der Waals surface area contributed by atoms with Gasteiger partial charge in [-0.05, 0) is 24.6 Å². The van der Waals surface area contributed by atoms with Crippen molar-refractivity contribution in [2.24, 2.45) is 11.1 Å².